The third-order valence-electron chi connectivity index (χ3n) is 8.43. The van der Waals surface area contributed by atoms with E-state index < -0.39 is 0 Å². The molecule has 0 aromatic rings. The van der Waals surface area contributed by atoms with Crippen molar-refractivity contribution < 1.29 is 4.79 Å². The van der Waals surface area contributed by atoms with Crippen molar-refractivity contribution in [2.24, 2.45) is 34.5 Å². The normalized spacial score (nSPS) is 50.6. The summed E-state index contributed by atoms with van der Waals surface area (Å²) in [7, 11) is 0. The zero-order valence-corrected chi connectivity index (χ0v) is 14.7. The van der Waals surface area contributed by atoms with Gasteiger partial charge < -0.3 is 0 Å². The van der Waals surface area contributed by atoms with Crippen LogP contribution in [0.4, 0.5) is 0 Å². The van der Waals surface area contributed by atoms with E-state index in [1.165, 1.54) is 44.9 Å². The van der Waals surface area contributed by atoms with Crippen LogP contribution in [0.5, 0.6) is 0 Å². The molecular formula is C21H32O. The number of hydrogen-bond acceptors (Lipinski definition) is 1. The minimum Gasteiger partial charge on any atom is -0.300 e. The van der Waals surface area contributed by atoms with Crippen molar-refractivity contribution in [3.05, 3.63) is 11.6 Å². The molecule has 0 aromatic carbocycles. The Balaban J connectivity index is 1.71. The van der Waals surface area contributed by atoms with Gasteiger partial charge in [0.15, 0.2) is 0 Å². The molecule has 0 N–H and O–H groups in total. The molecule has 4 aliphatic carbocycles. The molecule has 3 fully saturated rings. The van der Waals surface area contributed by atoms with E-state index in [1.54, 1.807) is 0 Å². The van der Waals surface area contributed by atoms with Gasteiger partial charge in [0.05, 0.1) is 0 Å². The Kier molecular flexibility index (Phi) is 3.37. The Labute approximate surface area is 135 Å². The summed E-state index contributed by atoms with van der Waals surface area (Å²) >= 11 is 0. The SMILES string of the molecule is CC(=O)[C@H]1CC[C@H]2[C@@H]3CCC4CCCC[C@]4(C)C3=CC[C@]12C. The second-order valence-electron chi connectivity index (χ2n) is 9.26. The lowest BCUT2D eigenvalue weighted by Crippen LogP contribution is -2.47. The van der Waals surface area contributed by atoms with E-state index in [9.17, 15) is 4.79 Å². The average molecular weight is 300 g/mol. The second kappa shape index (κ2) is 4.95. The molecule has 122 valence electrons. The Morgan fingerprint density at radius 3 is 2.68 bits per heavy atom. The van der Waals surface area contributed by atoms with Crippen LogP contribution in [0.15, 0.2) is 11.6 Å². The maximum absolute atomic E-state index is 12.1. The highest BCUT2D eigenvalue weighted by atomic mass is 16.1. The summed E-state index contributed by atoms with van der Waals surface area (Å²) in [6, 6.07) is 0. The van der Waals surface area contributed by atoms with Crippen molar-refractivity contribution >= 4 is 5.78 Å². The van der Waals surface area contributed by atoms with Gasteiger partial charge in [-0.15, -0.1) is 0 Å². The zero-order chi connectivity index (χ0) is 15.5. The van der Waals surface area contributed by atoms with Crippen molar-refractivity contribution in [3.8, 4) is 0 Å². The summed E-state index contributed by atoms with van der Waals surface area (Å²) in [6.45, 7) is 6.84. The molecule has 4 aliphatic rings. The van der Waals surface area contributed by atoms with Gasteiger partial charge >= 0.3 is 0 Å². The fourth-order valence-corrected chi connectivity index (χ4v) is 7.23. The summed E-state index contributed by atoms with van der Waals surface area (Å²) < 4.78 is 0. The summed E-state index contributed by atoms with van der Waals surface area (Å²) in [5.41, 5.74) is 2.59. The Bertz CT molecular complexity index is 518. The topological polar surface area (TPSA) is 17.1 Å². The zero-order valence-electron chi connectivity index (χ0n) is 14.7. The largest absolute Gasteiger partial charge is 0.300 e. The number of carbonyl (C=O) groups is 1. The monoisotopic (exact) mass is 300 g/mol. The molecule has 3 saturated carbocycles. The fourth-order valence-electron chi connectivity index (χ4n) is 7.23. The number of carbonyl (C=O) groups excluding carboxylic acids is 1. The molecule has 0 spiro atoms. The van der Waals surface area contributed by atoms with Crippen LogP contribution in [0, 0.1) is 34.5 Å². The Morgan fingerprint density at radius 1 is 1.09 bits per heavy atom. The van der Waals surface area contributed by atoms with Crippen LogP contribution in [0.1, 0.15) is 78.6 Å². The van der Waals surface area contributed by atoms with Gasteiger partial charge in [-0.05, 0) is 80.5 Å². The van der Waals surface area contributed by atoms with Gasteiger partial charge in [-0.1, -0.05) is 38.3 Å². The van der Waals surface area contributed by atoms with E-state index in [4.69, 9.17) is 0 Å². The van der Waals surface area contributed by atoms with Crippen molar-refractivity contribution in [3.63, 3.8) is 0 Å². The third kappa shape index (κ3) is 1.86. The van der Waals surface area contributed by atoms with E-state index in [1.807, 2.05) is 12.5 Å². The first-order chi connectivity index (χ1) is 10.5. The smallest absolute Gasteiger partial charge is 0.133 e. The molecule has 0 amide bonds. The fraction of sp³-hybridized carbons (Fsp3) is 0.857. The lowest BCUT2D eigenvalue weighted by molar-refractivity contribution is -0.124. The standard InChI is InChI=1S/C21H32O/c1-14(22)17-9-10-18-16-8-7-15-6-4-5-12-20(15,2)19(16)11-13-21(17,18)3/h11,15-18H,4-10,12-13H2,1-3H3/t15?,16-,17+,18-,20-,21+/m0/s1. The third-order valence-corrected chi connectivity index (χ3v) is 8.43. The van der Waals surface area contributed by atoms with E-state index >= 15 is 0 Å². The summed E-state index contributed by atoms with van der Waals surface area (Å²) in [5, 5.41) is 0. The minimum atomic E-state index is 0.262. The van der Waals surface area contributed by atoms with Gasteiger partial charge in [0.25, 0.3) is 0 Å². The predicted octanol–water partition coefficient (Wildman–Crippen LogP) is 5.54. The molecule has 1 unspecified atom stereocenters. The van der Waals surface area contributed by atoms with Crippen LogP contribution < -0.4 is 0 Å². The Hall–Kier alpha value is -0.590. The van der Waals surface area contributed by atoms with Gasteiger partial charge in [0.2, 0.25) is 0 Å². The lowest BCUT2D eigenvalue weighted by Gasteiger charge is -2.56. The van der Waals surface area contributed by atoms with Crippen LogP contribution in [0.3, 0.4) is 0 Å². The van der Waals surface area contributed by atoms with E-state index in [0.717, 1.165) is 30.6 Å². The van der Waals surface area contributed by atoms with E-state index in [-0.39, 0.29) is 5.41 Å². The molecule has 0 saturated heterocycles. The highest BCUT2D eigenvalue weighted by Gasteiger charge is 2.57. The van der Waals surface area contributed by atoms with Crippen molar-refractivity contribution in [2.75, 3.05) is 0 Å². The van der Waals surface area contributed by atoms with Crippen LogP contribution in [0.2, 0.25) is 0 Å². The first-order valence-corrected chi connectivity index (χ1v) is 9.68. The van der Waals surface area contributed by atoms with Crippen molar-refractivity contribution in [1.29, 1.82) is 0 Å². The predicted molar refractivity (Wildman–Crippen MR) is 90.5 cm³/mol. The molecular weight excluding hydrogens is 268 g/mol. The van der Waals surface area contributed by atoms with Gasteiger partial charge in [0, 0.05) is 5.92 Å². The number of fused-ring (bicyclic) bond motifs is 5. The highest BCUT2D eigenvalue weighted by molar-refractivity contribution is 5.79. The van der Waals surface area contributed by atoms with E-state index in [0.29, 0.717) is 17.1 Å². The molecule has 1 heteroatoms. The number of Topliss-reactive ketones (excluding diaryl/α,β-unsaturated/α-hetero) is 1. The maximum atomic E-state index is 12.1. The maximum Gasteiger partial charge on any atom is 0.133 e. The molecule has 4 rings (SSSR count). The molecule has 1 nitrogen and oxygen atoms in total. The van der Waals surface area contributed by atoms with E-state index in [2.05, 4.69) is 19.9 Å². The quantitative estimate of drug-likeness (QED) is 0.581. The molecule has 0 aliphatic heterocycles. The number of allylic oxidation sites excluding steroid dienone is 2. The number of ketones is 1. The summed E-state index contributed by atoms with van der Waals surface area (Å²) in [4.78, 5) is 12.1. The van der Waals surface area contributed by atoms with Crippen LogP contribution in [0.25, 0.3) is 0 Å². The molecule has 0 radical (unpaired) electrons. The van der Waals surface area contributed by atoms with Gasteiger partial charge in [0.1, 0.15) is 5.78 Å². The van der Waals surface area contributed by atoms with Crippen molar-refractivity contribution in [2.45, 2.75) is 78.6 Å². The molecule has 0 bridgehead atoms. The van der Waals surface area contributed by atoms with Gasteiger partial charge in [-0.3, -0.25) is 4.79 Å². The second-order valence-corrected chi connectivity index (χ2v) is 9.26. The Morgan fingerprint density at radius 2 is 1.91 bits per heavy atom. The summed E-state index contributed by atoms with van der Waals surface area (Å²) in [6.07, 6.45) is 14.8. The number of hydrogen-bond donors (Lipinski definition) is 0. The molecule has 6 atom stereocenters. The highest BCUT2D eigenvalue weighted by Crippen LogP contribution is 2.65. The average Bonchev–Trinajstić information content (AvgIpc) is 2.84. The van der Waals surface area contributed by atoms with Gasteiger partial charge in [-0.25, -0.2) is 0 Å². The minimum absolute atomic E-state index is 0.262. The van der Waals surface area contributed by atoms with Gasteiger partial charge in [-0.2, -0.15) is 0 Å². The first-order valence-electron chi connectivity index (χ1n) is 9.68. The summed E-state index contributed by atoms with van der Waals surface area (Å²) in [5.74, 6) is 3.29. The lowest BCUT2D eigenvalue weighted by atomic mass is 9.49. The molecule has 22 heavy (non-hydrogen) atoms. The molecule has 0 aromatic heterocycles. The van der Waals surface area contributed by atoms with Crippen LogP contribution in [-0.4, -0.2) is 5.78 Å². The number of rotatable bonds is 1. The van der Waals surface area contributed by atoms with Crippen LogP contribution >= 0.6 is 0 Å². The van der Waals surface area contributed by atoms with Crippen molar-refractivity contribution in [1.82, 2.24) is 0 Å². The molecule has 0 heterocycles. The van der Waals surface area contributed by atoms with Crippen LogP contribution in [-0.2, 0) is 4.79 Å². The first kappa shape index (κ1) is 15.0.